The van der Waals surface area contributed by atoms with Crippen LogP contribution in [0.4, 0.5) is 0 Å². The molecule has 3 aromatic rings. The summed E-state index contributed by atoms with van der Waals surface area (Å²) in [7, 11) is 0. The van der Waals surface area contributed by atoms with Crippen LogP contribution in [0.25, 0.3) is 0 Å². The highest BCUT2D eigenvalue weighted by molar-refractivity contribution is 5.44. The van der Waals surface area contributed by atoms with E-state index in [4.69, 9.17) is 4.74 Å². The highest BCUT2D eigenvalue weighted by atomic mass is 16.5. The first-order valence-corrected chi connectivity index (χ1v) is 11.0. The molecule has 0 bridgehead atoms. The van der Waals surface area contributed by atoms with Crippen LogP contribution in [0.1, 0.15) is 57.4 Å². The van der Waals surface area contributed by atoms with Gasteiger partial charge in [0.1, 0.15) is 0 Å². The van der Waals surface area contributed by atoms with Crippen LogP contribution in [0, 0.1) is 32.6 Å². The van der Waals surface area contributed by atoms with Crippen molar-refractivity contribution in [1.82, 2.24) is 0 Å². The second kappa shape index (κ2) is 7.46. The fourth-order valence-corrected chi connectivity index (χ4v) is 5.71. The van der Waals surface area contributed by atoms with Gasteiger partial charge in [-0.25, -0.2) is 0 Å². The Kier molecular flexibility index (Phi) is 4.80. The van der Waals surface area contributed by atoms with Gasteiger partial charge in [-0.15, -0.1) is 0 Å². The van der Waals surface area contributed by atoms with Crippen LogP contribution in [0.15, 0.2) is 66.7 Å². The van der Waals surface area contributed by atoms with Crippen LogP contribution in [0.3, 0.4) is 0 Å². The molecule has 1 heterocycles. The van der Waals surface area contributed by atoms with Gasteiger partial charge in [0.2, 0.25) is 0 Å². The van der Waals surface area contributed by atoms with Gasteiger partial charge in [-0.2, -0.15) is 0 Å². The van der Waals surface area contributed by atoms with E-state index in [1.54, 1.807) is 0 Å². The van der Waals surface area contributed by atoms with Crippen LogP contribution in [0.2, 0.25) is 0 Å². The van der Waals surface area contributed by atoms with Crippen LogP contribution >= 0.6 is 0 Å². The lowest BCUT2D eigenvalue weighted by Gasteiger charge is -2.47. The van der Waals surface area contributed by atoms with Gasteiger partial charge in [-0.05, 0) is 78.5 Å². The van der Waals surface area contributed by atoms with E-state index in [1.165, 1.54) is 45.4 Å². The van der Waals surface area contributed by atoms with Crippen molar-refractivity contribution in [1.29, 1.82) is 0 Å². The Morgan fingerprint density at radius 2 is 1.48 bits per heavy atom. The molecule has 1 nitrogen and oxygen atoms in total. The van der Waals surface area contributed by atoms with Gasteiger partial charge in [-0.3, -0.25) is 0 Å². The minimum Gasteiger partial charge on any atom is -0.373 e. The maximum Gasteiger partial charge on any atom is 0.0865 e. The first-order chi connectivity index (χ1) is 14.1. The molecule has 148 valence electrons. The van der Waals surface area contributed by atoms with Crippen molar-refractivity contribution in [3.05, 3.63) is 106 Å². The van der Waals surface area contributed by atoms with Crippen molar-refractivity contribution in [2.45, 2.75) is 45.6 Å². The molecule has 5 rings (SSSR count). The molecule has 0 N–H and O–H groups in total. The summed E-state index contributed by atoms with van der Waals surface area (Å²) in [4.78, 5) is 0. The first kappa shape index (κ1) is 18.6. The molecule has 0 radical (unpaired) electrons. The van der Waals surface area contributed by atoms with Crippen LogP contribution in [0.5, 0.6) is 0 Å². The summed E-state index contributed by atoms with van der Waals surface area (Å²) in [5.74, 6) is 1.52. The van der Waals surface area contributed by atoms with Gasteiger partial charge in [-0.1, -0.05) is 66.7 Å². The van der Waals surface area contributed by atoms with Crippen molar-refractivity contribution < 1.29 is 4.74 Å². The molecule has 0 spiro atoms. The Morgan fingerprint density at radius 3 is 2.24 bits per heavy atom. The zero-order valence-electron chi connectivity index (χ0n) is 17.7. The number of benzene rings is 3. The van der Waals surface area contributed by atoms with Crippen LogP contribution in [-0.2, 0) is 11.2 Å². The Bertz CT molecular complexity index is 996. The van der Waals surface area contributed by atoms with E-state index in [9.17, 15) is 0 Å². The molecule has 0 aromatic heterocycles. The lowest BCUT2D eigenvalue weighted by molar-refractivity contribution is -0.0686. The quantitative estimate of drug-likeness (QED) is 0.479. The molecule has 3 aromatic carbocycles. The van der Waals surface area contributed by atoms with Crippen LogP contribution in [-0.4, -0.2) is 6.61 Å². The summed E-state index contributed by atoms with van der Waals surface area (Å²) in [6.07, 6.45) is 2.49. The molecule has 0 saturated carbocycles. The van der Waals surface area contributed by atoms with Gasteiger partial charge in [0, 0.05) is 18.4 Å². The van der Waals surface area contributed by atoms with Crippen molar-refractivity contribution >= 4 is 0 Å². The number of aryl methyl sites for hydroxylation is 2. The number of fused-ring (bicyclic) bond motifs is 2. The van der Waals surface area contributed by atoms with Crippen molar-refractivity contribution in [2.75, 3.05) is 6.61 Å². The SMILES string of the molecule is Cc1cc([C@@H]2OCC[C@@H]3Cc4ccccc4[C@H](c4ccccc4)[C@H]32)cc(C)c1C. The first-order valence-electron chi connectivity index (χ1n) is 11.0. The molecule has 1 heteroatoms. The largest absolute Gasteiger partial charge is 0.373 e. The molecule has 0 amide bonds. The fraction of sp³-hybridized carbons (Fsp3) is 0.357. The van der Waals surface area contributed by atoms with Gasteiger partial charge >= 0.3 is 0 Å². The number of ether oxygens (including phenoxy) is 1. The Labute approximate surface area is 174 Å². The predicted molar refractivity (Wildman–Crippen MR) is 119 cm³/mol. The summed E-state index contributed by atoms with van der Waals surface area (Å²) < 4.78 is 6.55. The third-order valence-electron chi connectivity index (χ3n) is 7.37. The molecule has 29 heavy (non-hydrogen) atoms. The topological polar surface area (TPSA) is 9.23 Å². The number of rotatable bonds is 2. The van der Waals surface area contributed by atoms with E-state index in [0.29, 0.717) is 17.8 Å². The summed E-state index contributed by atoms with van der Waals surface area (Å²) >= 11 is 0. The maximum absolute atomic E-state index is 6.55. The predicted octanol–water partition coefficient (Wildman–Crippen LogP) is 6.69. The summed E-state index contributed by atoms with van der Waals surface area (Å²) in [6, 6.07) is 24.9. The standard InChI is InChI=1S/C28H30O/c1-18-15-24(16-19(2)20(18)3)28-27-23(13-14-29-28)17-22-11-7-8-12-25(22)26(27)21-9-5-4-6-10-21/h4-12,15-16,23,26-28H,13-14,17H2,1-3H3/t23-,26+,27+,28+/m1/s1. The highest BCUT2D eigenvalue weighted by Crippen LogP contribution is 2.53. The average Bonchev–Trinajstić information content (AvgIpc) is 2.75. The minimum atomic E-state index is 0.158. The molecule has 4 atom stereocenters. The molecule has 1 saturated heterocycles. The molecular formula is C28H30O. The molecule has 1 aliphatic carbocycles. The Balaban J connectivity index is 1.66. The lowest BCUT2D eigenvalue weighted by atomic mass is 9.62. The average molecular weight is 383 g/mol. The zero-order valence-corrected chi connectivity index (χ0v) is 17.7. The normalized spacial score (nSPS) is 25.9. The summed E-state index contributed by atoms with van der Waals surface area (Å²) in [6.45, 7) is 7.55. The highest BCUT2D eigenvalue weighted by Gasteiger charge is 2.45. The van der Waals surface area contributed by atoms with E-state index in [1.807, 2.05) is 0 Å². The second-order valence-corrected chi connectivity index (χ2v) is 8.99. The van der Waals surface area contributed by atoms with Gasteiger partial charge in [0.15, 0.2) is 0 Å². The van der Waals surface area contributed by atoms with Gasteiger partial charge < -0.3 is 4.74 Å². The summed E-state index contributed by atoms with van der Waals surface area (Å²) in [5.41, 5.74) is 9.95. The molecule has 1 aliphatic heterocycles. The van der Waals surface area contributed by atoms with Crippen LogP contribution < -0.4 is 0 Å². The Morgan fingerprint density at radius 1 is 0.793 bits per heavy atom. The van der Waals surface area contributed by atoms with E-state index in [-0.39, 0.29) is 6.10 Å². The molecule has 1 fully saturated rings. The monoisotopic (exact) mass is 382 g/mol. The van der Waals surface area contributed by atoms with Gasteiger partial charge in [0.05, 0.1) is 6.10 Å². The minimum absolute atomic E-state index is 0.158. The Hall–Kier alpha value is -2.38. The second-order valence-electron chi connectivity index (χ2n) is 8.99. The maximum atomic E-state index is 6.55. The summed E-state index contributed by atoms with van der Waals surface area (Å²) in [5, 5.41) is 0. The molecular weight excluding hydrogens is 352 g/mol. The van der Waals surface area contributed by atoms with Crippen molar-refractivity contribution in [3.8, 4) is 0 Å². The lowest BCUT2D eigenvalue weighted by Crippen LogP contribution is -2.40. The van der Waals surface area contributed by atoms with Crippen molar-refractivity contribution in [2.24, 2.45) is 11.8 Å². The smallest absolute Gasteiger partial charge is 0.0865 e. The van der Waals surface area contributed by atoms with Gasteiger partial charge in [0.25, 0.3) is 0 Å². The van der Waals surface area contributed by atoms with E-state index >= 15 is 0 Å². The number of hydrogen-bond donors (Lipinski definition) is 0. The molecule has 0 unspecified atom stereocenters. The van der Waals surface area contributed by atoms with E-state index in [0.717, 1.165) is 13.0 Å². The zero-order chi connectivity index (χ0) is 20.0. The van der Waals surface area contributed by atoms with E-state index in [2.05, 4.69) is 87.5 Å². The third-order valence-corrected chi connectivity index (χ3v) is 7.37. The third kappa shape index (κ3) is 3.22. The van der Waals surface area contributed by atoms with Crippen molar-refractivity contribution in [3.63, 3.8) is 0 Å². The fourth-order valence-electron chi connectivity index (χ4n) is 5.71. The number of hydrogen-bond acceptors (Lipinski definition) is 1. The molecule has 2 aliphatic rings. The van der Waals surface area contributed by atoms with E-state index < -0.39 is 0 Å².